The lowest BCUT2D eigenvalue weighted by molar-refractivity contribution is 0.0933. The summed E-state index contributed by atoms with van der Waals surface area (Å²) in [7, 11) is -3.76. The predicted molar refractivity (Wildman–Crippen MR) is 126 cm³/mol. The Morgan fingerprint density at radius 2 is 1.82 bits per heavy atom. The number of hydrogen-bond donors (Lipinski definition) is 1. The highest BCUT2D eigenvalue weighted by Crippen LogP contribution is 2.33. The minimum atomic E-state index is -3.76. The van der Waals surface area contributed by atoms with Crippen LogP contribution in [0.3, 0.4) is 0 Å². The van der Waals surface area contributed by atoms with Gasteiger partial charge in [-0.1, -0.05) is 24.3 Å². The Balaban J connectivity index is 1.33. The molecule has 0 aliphatic carbocycles. The number of fused-ring (bicyclic) bond motifs is 1. The molecule has 7 nitrogen and oxygen atoms in total. The highest BCUT2D eigenvalue weighted by Gasteiger charge is 2.31. The van der Waals surface area contributed by atoms with E-state index in [0.29, 0.717) is 30.8 Å². The fraction of sp³-hybridized carbons (Fsp3) is 0.320. The zero-order valence-electron chi connectivity index (χ0n) is 18.3. The molecule has 1 amide bonds. The van der Waals surface area contributed by atoms with Crippen LogP contribution in [-0.2, 0) is 16.4 Å². The largest absolute Gasteiger partial charge is 0.468 e. The predicted octanol–water partition coefficient (Wildman–Crippen LogP) is 3.60. The van der Waals surface area contributed by atoms with Gasteiger partial charge in [0.15, 0.2) is 0 Å². The average molecular weight is 466 g/mol. The number of carbonyl (C=O) groups is 1. The second-order valence-electron chi connectivity index (χ2n) is 8.47. The molecular formula is C25H27N3O4S. The van der Waals surface area contributed by atoms with Gasteiger partial charge in [0.1, 0.15) is 5.76 Å². The van der Waals surface area contributed by atoms with E-state index >= 15 is 0 Å². The van der Waals surface area contributed by atoms with Gasteiger partial charge in [-0.25, -0.2) is 8.42 Å². The normalized spacial score (nSPS) is 17.2. The first-order valence-electron chi connectivity index (χ1n) is 11.3. The number of likely N-dealkylation sites (tertiary alicyclic amines) is 1. The van der Waals surface area contributed by atoms with E-state index in [9.17, 15) is 13.2 Å². The van der Waals surface area contributed by atoms with Gasteiger partial charge in [0.05, 0.1) is 22.9 Å². The Bertz CT molecular complexity index is 1230. The van der Waals surface area contributed by atoms with E-state index in [2.05, 4.69) is 10.2 Å². The molecule has 33 heavy (non-hydrogen) atoms. The molecule has 8 heteroatoms. The molecule has 2 aliphatic heterocycles. The first kappa shape index (κ1) is 21.7. The molecule has 2 aromatic carbocycles. The first-order valence-corrected chi connectivity index (χ1v) is 12.7. The van der Waals surface area contributed by atoms with Crippen molar-refractivity contribution in [3.05, 3.63) is 83.8 Å². The third kappa shape index (κ3) is 4.28. The number of carbonyl (C=O) groups excluding carboxylic acids is 1. The molecule has 1 fully saturated rings. The van der Waals surface area contributed by atoms with E-state index in [0.717, 1.165) is 37.3 Å². The van der Waals surface area contributed by atoms with E-state index in [-0.39, 0.29) is 16.8 Å². The summed E-state index contributed by atoms with van der Waals surface area (Å²) >= 11 is 0. The van der Waals surface area contributed by atoms with Crippen LogP contribution in [0.5, 0.6) is 0 Å². The Labute approximate surface area is 194 Å². The topological polar surface area (TPSA) is 82.9 Å². The lowest BCUT2D eigenvalue weighted by atomic mass is 10.1. The van der Waals surface area contributed by atoms with E-state index < -0.39 is 10.0 Å². The second kappa shape index (κ2) is 9.03. The van der Waals surface area contributed by atoms with E-state index in [1.807, 2.05) is 36.4 Å². The molecule has 1 aromatic heterocycles. The van der Waals surface area contributed by atoms with Gasteiger partial charge >= 0.3 is 0 Å². The highest BCUT2D eigenvalue weighted by atomic mass is 32.2. The van der Waals surface area contributed by atoms with Crippen LogP contribution in [0, 0.1) is 0 Å². The van der Waals surface area contributed by atoms with Crippen LogP contribution >= 0.6 is 0 Å². The summed E-state index contributed by atoms with van der Waals surface area (Å²) in [5.41, 5.74) is 2.04. The van der Waals surface area contributed by atoms with Crippen LogP contribution in [0.25, 0.3) is 0 Å². The van der Waals surface area contributed by atoms with Crippen molar-refractivity contribution in [2.75, 3.05) is 30.5 Å². The number of amides is 1. The van der Waals surface area contributed by atoms with Gasteiger partial charge in [-0.15, -0.1) is 0 Å². The molecule has 1 saturated heterocycles. The van der Waals surface area contributed by atoms with Crippen LogP contribution in [0.2, 0.25) is 0 Å². The van der Waals surface area contributed by atoms with Crippen molar-refractivity contribution in [1.82, 2.24) is 10.2 Å². The fourth-order valence-electron chi connectivity index (χ4n) is 4.72. The number of furan rings is 1. The number of para-hydroxylation sites is 1. The van der Waals surface area contributed by atoms with Crippen molar-refractivity contribution < 1.29 is 17.6 Å². The van der Waals surface area contributed by atoms with Crippen LogP contribution in [-0.4, -0.2) is 45.4 Å². The quantitative estimate of drug-likeness (QED) is 0.577. The second-order valence-corrected chi connectivity index (χ2v) is 10.3. The summed E-state index contributed by atoms with van der Waals surface area (Å²) < 4.78 is 33.7. The van der Waals surface area contributed by atoms with Crippen molar-refractivity contribution in [3.63, 3.8) is 0 Å². The van der Waals surface area contributed by atoms with Crippen molar-refractivity contribution >= 4 is 21.6 Å². The zero-order chi connectivity index (χ0) is 22.8. The number of nitrogens with zero attached hydrogens (tertiary/aromatic N) is 2. The minimum Gasteiger partial charge on any atom is -0.468 e. The smallest absolute Gasteiger partial charge is 0.264 e. The molecule has 0 saturated carbocycles. The van der Waals surface area contributed by atoms with Crippen LogP contribution < -0.4 is 9.62 Å². The standard InChI is InChI=1S/C25H27N3O4S/c29-25(26-18-23(24-11-6-16-32-24)27-13-3-4-14-27)20-8-5-9-21(17-20)33(30,31)28-15-12-19-7-1-2-10-22(19)28/h1-2,5-11,16-17,23H,3-4,12-15,18H2,(H,26,29)/t23-/m1/s1. The maximum absolute atomic E-state index is 13.3. The maximum Gasteiger partial charge on any atom is 0.264 e. The summed E-state index contributed by atoms with van der Waals surface area (Å²) in [4.78, 5) is 15.4. The molecule has 3 aromatic rings. The number of benzene rings is 2. The first-order chi connectivity index (χ1) is 16.0. The monoisotopic (exact) mass is 465 g/mol. The molecular weight excluding hydrogens is 438 g/mol. The van der Waals surface area contributed by atoms with Gasteiger partial charge in [-0.2, -0.15) is 0 Å². The Kier molecular flexibility index (Phi) is 5.95. The van der Waals surface area contributed by atoms with Gasteiger partial charge in [0.2, 0.25) is 0 Å². The van der Waals surface area contributed by atoms with Crippen LogP contribution in [0.4, 0.5) is 5.69 Å². The molecule has 3 heterocycles. The molecule has 0 radical (unpaired) electrons. The fourth-order valence-corrected chi connectivity index (χ4v) is 6.27. The van der Waals surface area contributed by atoms with Crippen molar-refractivity contribution in [1.29, 1.82) is 0 Å². The molecule has 5 rings (SSSR count). The lowest BCUT2D eigenvalue weighted by Crippen LogP contribution is -2.36. The van der Waals surface area contributed by atoms with E-state index in [1.54, 1.807) is 24.5 Å². The van der Waals surface area contributed by atoms with Crippen LogP contribution in [0.1, 0.15) is 40.6 Å². The summed E-state index contributed by atoms with van der Waals surface area (Å²) in [5.74, 6) is 0.519. The molecule has 2 aliphatic rings. The van der Waals surface area contributed by atoms with Gasteiger partial charge < -0.3 is 9.73 Å². The number of rotatable bonds is 7. The lowest BCUT2D eigenvalue weighted by Gasteiger charge is -2.26. The summed E-state index contributed by atoms with van der Waals surface area (Å²) in [6, 6.07) is 17.5. The molecule has 0 bridgehead atoms. The summed E-state index contributed by atoms with van der Waals surface area (Å²) in [6.07, 6.45) is 4.58. The molecule has 0 spiro atoms. The molecule has 172 valence electrons. The van der Waals surface area contributed by atoms with Crippen molar-refractivity contribution in [2.45, 2.75) is 30.2 Å². The third-order valence-electron chi connectivity index (χ3n) is 6.44. The minimum absolute atomic E-state index is 0.0422. The SMILES string of the molecule is O=C(NC[C@H](c1ccco1)N1CCCC1)c1cccc(S(=O)(=O)N2CCc3ccccc32)c1. The van der Waals surface area contributed by atoms with Gasteiger partial charge in [0, 0.05) is 18.7 Å². The maximum atomic E-state index is 13.3. The van der Waals surface area contributed by atoms with E-state index in [4.69, 9.17) is 4.42 Å². The molecule has 1 atom stereocenters. The van der Waals surface area contributed by atoms with Gasteiger partial charge in [-0.3, -0.25) is 14.0 Å². The van der Waals surface area contributed by atoms with Gasteiger partial charge in [0.25, 0.3) is 15.9 Å². The van der Waals surface area contributed by atoms with Gasteiger partial charge in [-0.05, 0) is 74.3 Å². The Morgan fingerprint density at radius 1 is 1.00 bits per heavy atom. The Morgan fingerprint density at radius 3 is 2.61 bits per heavy atom. The highest BCUT2D eigenvalue weighted by molar-refractivity contribution is 7.92. The molecule has 1 N–H and O–H groups in total. The third-order valence-corrected chi connectivity index (χ3v) is 8.25. The zero-order valence-corrected chi connectivity index (χ0v) is 19.1. The van der Waals surface area contributed by atoms with E-state index in [1.165, 1.54) is 10.4 Å². The summed E-state index contributed by atoms with van der Waals surface area (Å²) in [5, 5.41) is 2.98. The molecule has 0 unspecified atom stereocenters. The number of nitrogens with one attached hydrogen (secondary N) is 1. The van der Waals surface area contributed by atoms with Crippen molar-refractivity contribution in [3.8, 4) is 0 Å². The Hall–Kier alpha value is -3.10. The number of anilines is 1. The number of sulfonamides is 1. The number of hydrogen-bond acceptors (Lipinski definition) is 5. The average Bonchev–Trinajstić information content (AvgIpc) is 3.61. The van der Waals surface area contributed by atoms with Crippen molar-refractivity contribution in [2.24, 2.45) is 0 Å². The van der Waals surface area contributed by atoms with Crippen LogP contribution in [0.15, 0.2) is 76.2 Å². The summed E-state index contributed by atoms with van der Waals surface area (Å²) in [6.45, 7) is 2.72.